The lowest BCUT2D eigenvalue weighted by molar-refractivity contribution is 0.0597. The third kappa shape index (κ3) is 3.03. The van der Waals surface area contributed by atoms with Crippen molar-refractivity contribution in [2.24, 2.45) is 0 Å². The van der Waals surface area contributed by atoms with Crippen LogP contribution in [-0.2, 0) is 11.2 Å². The topological polar surface area (TPSA) is 55.8 Å². The first-order valence-corrected chi connectivity index (χ1v) is 5.61. The summed E-state index contributed by atoms with van der Waals surface area (Å²) in [4.78, 5) is 11.5. The van der Waals surface area contributed by atoms with Crippen molar-refractivity contribution in [2.45, 2.75) is 20.3 Å². The Bertz CT molecular complexity index is 471. The third-order valence-electron chi connectivity index (χ3n) is 2.58. The summed E-state index contributed by atoms with van der Waals surface area (Å²) >= 11 is 0. The van der Waals surface area contributed by atoms with Crippen LogP contribution in [0.5, 0.6) is 11.5 Å². The molecule has 1 aromatic carbocycles. The van der Waals surface area contributed by atoms with Crippen molar-refractivity contribution in [1.29, 1.82) is 0 Å². The Balaban J connectivity index is 3.26. The average Bonchev–Trinajstić information content (AvgIpc) is 2.35. The van der Waals surface area contributed by atoms with Crippen molar-refractivity contribution in [2.75, 3.05) is 14.2 Å². The van der Waals surface area contributed by atoms with Crippen LogP contribution in [0.15, 0.2) is 23.8 Å². The molecule has 1 rings (SSSR count). The van der Waals surface area contributed by atoms with Crippen LogP contribution in [0.25, 0.3) is 0 Å². The van der Waals surface area contributed by atoms with E-state index in [0.29, 0.717) is 17.7 Å². The molecule has 0 unspecified atom stereocenters. The van der Waals surface area contributed by atoms with E-state index in [-0.39, 0.29) is 11.3 Å². The zero-order chi connectivity index (χ0) is 13.7. The van der Waals surface area contributed by atoms with Gasteiger partial charge in [-0.2, -0.15) is 0 Å². The molecule has 0 aliphatic carbocycles. The van der Waals surface area contributed by atoms with E-state index in [4.69, 9.17) is 4.74 Å². The number of aromatic hydroxyl groups is 1. The van der Waals surface area contributed by atoms with Gasteiger partial charge < -0.3 is 14.6 Å². The second-order valence-electron chi connectivity index (χ2n) is 4.12. The van der Waals surface area contributed by atoms with Gasteiger partial charge in [0.1, 0.15) is 17.1 Å². The smallest absolute Gasteiger partial charge is 0.341 e. The number of esters is 1. The molecule has 1 aromatic rings. The fourth-order valence-corrected chi connectivity index (χ4v) is 1.59. The molecule has 18 heavy (non-hydrogen) atoms. The van der Waals surface area contributed by atoms with Crippen LogP contribution in [0, 0.1) is 0 Å². The third-order valence-corrected chi connectivity index (χ3v) is 2.58. The van der Waals surface area contributed by atoms with E-state index < -0.39 is 5.97 Å². The van der Waals surface area contributed by atoms with Crippen molar-refractivity contribution in [3.63, 3.8) is 0 Å². The number of hydrogen-bond acceptors (Lipinski definition) is 4. The summed E-state index contributed by atoms with van der Waals surface area (Å²) in [6.45, 7) is 3.93. The van der Waals surface area contributed by atoms with E-state index in [9.17, 15) is 9.90 Å². The molecule has 0 saturated heterocycles. The fraction of sp³-hybridized carbons (Fsp3) is 0.357. The Hall–Kier alpha value is -1.97. The SMILES string of the molecule is COC(=O)c1ccc(OC)c(CC=C(C)C)c1O. The Morgan fingerprint density at radius 3 is 2.50 bits per heavy atom. The van der Waals surface area contributed by atoms with Gasteiger partial charge in [0.2, 0.25) is 0 Å². The molecule has 1 N–H and O–H groups in total. The van der Waals surface area contributed by atoms with Crippen molar-refractivity contribution < 1.29 is 19.4 Å². The quantitative estimate of drug-likeness (QED) is 0.659. The number of phenols is 1. The molecule has 0 spiro atoms. The largest absolute Gasteiger partial charge is 0.507 e. The number of phenolic OH excluding ortho intramolecular Hbond substituents is 1. The van der Waals surface area contributed by atoms with E-state index in [0.717, 1.165) is 5.57 Å². The van der Waals surface area contributed by atoms with Crippen molar-refractivity contribution in [1.82, 2.24) is 0 Å². The van der Waals surface area contributed by atoms with Crippen molar-refractivity contribution in [3.05, 3.63) is 34.9 Å². The summed E-state index contributed by atoms with van der Waals surface area (Å²) in [5, 5.41) is 10.1. The minimum Gasteiger partial charge on any atom is -0.507 e. The van der Waals surface area contributed by atoms with E-state index in [1.165, 1.54) is 20.3 Å². The number of hydrogen-bond donors (Lipinski definition) is 1. The van der Waals surface area contributed by atoms with Crippen LogP contribution in [0.4, 0.5) is 0 Å². The van der Waals surface area contributed by atoms with E-state index in [1.807, 2.05) is 19.9 Å². The highest BCUT2D eigenvalue weighted by molar-refractivity contribution is 5.93. The van der Waals surface area contributed by atoms with Crippen molar-refractivity contribution in [3.8, 4) is 11.5 Å². The number of rotatable bonds is 4. The maximum Gasteiger partial charge on any atom is 0.341 e. The number of carbonyl (C=O) groups is 1. The van der Waals surface area contributed by atoms with Crippen LogP contribution in [0.1, 0.15) is 29.8 Å². The number of benzene rings is 1. The summed E-state index contributed by atoms with van der Waals surface area (Å²) in [7, 11) is 2.81. The molecular formula is C14H18O4. The highest BCUT2D eigenvalue weighted by atomic mass is 16.5. The lowest BCUT2D eigenvalue weighted by atomic mass is 10.0. The molecule has 0 amide bonds. The molecule has 4 nitrogen and oxygen atoms in total. The van der Waals surface area contributed by atoms with Crippen LogP contribution in [0.2, 0.25) is 0 Å². The van der Waals surface area contributed by atoms with E-state index in [1.54, 1.807) is 6.07 Å². The average molecular weight is 250 g/mol. The molecule has 0 saturated carbocycles. The van der Waals surface area contributed by atoms with Crippen LogP contribution >= 0.6 is 0 Å². The summed E-state index contributed by atoms with van der Waals surface area (Å²) in [6, 6.07) is 3.14. The van der Waals surface area contributed by atoms with Gasteiger partial charge in [0, 0.05) is 5.56 Å². The monoisotopic (exact) mass is 250 g/mol. The van der Waals surface area contributed by atoms with Gasteiger partial charge in [0.15, 0.2) is 0 Å². The molecule has 4 heteroatoms. The van der Waals surface area contributed by atoms with E-state index >= 15 is 0 Å². The van der Waals surface area contributed by atoms with Crippen LogP contribution in [-0.4, -0.2) is 25.3 Å². The molecule has 98 valence electrons. The summed E-state index contributed by atoms with van der Waals surface area (Å²) in [5.74, 6) is -0.0926. The maximum atomic E-state index is 11.5. The minimum absolute atomic E-state index is 0.0845. The van der Waals surface area contributed by atoms with Crippen LogP contribution in [0.3, 0.4) is 0 Å². The molecule has 0 aromatic heterocycles. The predicted octanol–water partition coefficient (Wildman–Crippen LogP) is 2.70. The summed E-state index contributed by atoms with van der Waals surface area (Å²) in [6.07, 6.45) is 2.46. The standard InChI is InChI=1S/C14H18O4/c1-9(2)5-6-10-12(17-3)8-7-11(13(10)15)14(16)18-4/h5,7-8,15H,6H2,1-4H3. The Kier molecular flexibility index (Phi) is 4.77. The number of methoxy groups -OCH3 is 2. The molecule has 0 atom stereocenters. The molecule has 0 bridgehead atoms. The number of ether oxygens (including phenoxy) is 2. The van der Waals surface area contributed by atoms with Gasteiger partial charge in [-0.05, 0) is 32.4 Å². The molecule has 0 radical (unpaired) electrons. The highest BCUT2D eigenvalue weighted by Crippen LogP contribution is 2.32. The predicted molar refractivity (Wildman–Crippen MR) is 69.1 cm³/mol. The van der Waals surface area contributed by atoms with Gasteiger partial charge >= 0.3 is 5.97 Å². The Labute approximate surface area is 107 Å². The first-order valence-electron chi connectivity index (χ1n) is 5.61. The number of allylic oxidation sites excluding steroid dienone is 2. The lowest BCUT2D eigenvalue weighted by Gasteiger charge is -2.12. The second-order valence-corrected chi connectivity index (χ2v) is 4.12. The lowest BCUT2D eigenvalue weighted by Crippen LogP contribution is -2.04. The molecule has 0 heterocycles. The first kappa shape index (κ1) is 14.1. The zero-order valence-corrected chi connectivity index (χ0v) is 11.1. The van der Waals surface area contributed by atoms with Gasteiger partial charge in [-0.3, -0.25) is 0 Å². The van der Waals surface area contributed by atoms with Crippen molar-refractivity contribution >= 4 is 5.97 Å². The fourth-order valence-electron chi connectivity index (χ4n) is 1.59. The zero-order valence-electron chi connectivity index (χ0n) is 11.1. The highest BCUT2D eigenvalue weighted by Gasteiger charge is 2.17. The van der Waals surface area contributed by atoms with E-state index in [2.05, 4.69) is 4.74 Å². The minimum atomic E-state index is -0.561. The van der Waals surface area contributed by atoms with Gasteiger partial charge in [-0.25, -0.2) is 4.79 Å². The van der Waals surface area contributed by atoms with Gasteiger partial charge in [0.05, 0.1) is 14.2 Å². The summed E-state index contributed by atoms with van der Waals surface area (Å²) in [5.41, 5.74) is 1.86. The Morgan fingerprint density at radius 1 is 1.33 bits per heavy atom. The Morgan fingerprint density at radius 2 is 2.00 bits per heavy atom. The molecule has 0 aliphatic rings. The first-order chi connectivity index (χ1) is 8.51. The normalized spacial score (nSPS) is 9.78. The summed E-state index contributed by atoms with van der Waals surface area (Å²) < 4.78 is 9.80. The second kappa shape index (κ2) is 6.10. The molecule has 0 aliphatic heterocycles. The van der Waals surface area contributed by atoms with Gasteiger partial charge in [-0.15, -0.1) is 0 Å². The van der Waals surface area contributed by atoms with Crippen LogP contribution < -0.4 is 4.74 Å². The van der Waals surface area contributed by atoms with Gasteiger partial charge in [0.25, 0.3) is 0 Å². The molecular weight excluding hydrogens is 232 g/mol. The van der Waals surface area contributed by atoms with Gasteiger partial charge in [-0.1, -0.05) is 11.6 Å². The molecule has 0 fully saturated rings. The maximum absolute atomic E-state index is 11.5. The number of carbonyl (C=O) groups excluding carboxylic acids is 1.